The molecule has 3 N–H and O–H groups in total. The molecule has 0 amide bonds. The number of hydrogen-bond donors (Lipinski definition) is 2. The summed E-state index contributed by atoms with van der Waals surface area (Å²) in [6.07, 6.45) is 9.17. The number of nitrogens with two attached hydrogens (primary N) is 1. The summed E-state index contributed by atoms with van der Waals surface area (Å²) in [6, 6.07) is 0.197. The van der Waals surface area contributed by atoms with E-state index in [9.17, 15) is 0 Å². The van der Waals surface area contributed by atoms with Gasteiger partial charge in [0.25, 0.3) is 0 Å². The number of rotatable bonds is 2. The van der Waals surface area contributed by atoms with E-state index in [1.807, 2.05) is 25.2 Å². The monoisotopic (exact) mass is 178 g/mol. The molecule has 0 spiro atoms. The highest BCUT2D eigenvalue weighted by Gasteiger charge is 2.13. The molecule has 72 valence electrons. The van der Waals surface area contributed by atoms with Crippen LogP contribution in [0.5, 0.6) is 0 Å². The zero-order chi connectivity index (χ0) is 9.68. The molecule has 0 saturated carbocycles. The summed E-state index contributed by atoms with van der Waals surface area (Å²) >= 11 is 0. The summed E-state index contributed by atoms with van der Waals surface area (Å²) in [5, 5.41) is 3.31. The van der Waals surface area contributed by atoms with Gasteiger partial charge in [-0.25, -0.2) is 0 Å². The Kier molecular flexibility index (Phi) is 3.77. The fourth-order valence-electron chi connectivity index (χ4n) is 1.47. The molecule has 1 heterocycles. The molecule has 0 aliphatic carbocycles. The van der Waals surface area contributed by atoms with Crippen LogP contribution in [-0.4, -0.2) is 12.6 Å². The van der Waals surface area contributed by atoms with E-state index in [4.69, 9.17) is 5.73 Å². The van der Waals surface area contributed by atoms with Gasteiger partial charge in [-0.05, 0) is 25.8 Å². The predicted octanol–water partition coefficient (Wildman–Crippen LogP) is 1.71. The lowest BCUT2D eigenvalue weighted by Crippen LogP contribution is -2.34. The maximum atomic E-state index is 5.98. The zero-order valence-corrected chi connectivity index (χ0v) is 8.38. The van der Waals surface area contributed by atoms with Gasteiger partial charge in [-0.3, -0.25) is 0 Å². The normalized spacial score (nSPS) is 24.4. The summed E-state index contributed by atoms with van der Waals surface area (Å²) in [4.78, 5) is 0. The van der Waals surface area contributed by atoms with Crippen molar-refractivity contribution >= 4 is 0 Å². The maximum Gasteiger partial charge on any atom is 0.0328 e. The first-order chi connectivity index (χ1) is 6.25. The predicted molar refractivity (Wildman–Crippen MR) is 57.2 cm³/mol. The molecule has 0 aromatic rings. The van der Waals surface area contributed by atoms with Crippen LogP contribution in [0.2, 0.25) is 0 Å². The third kappa shape index (κ3) is 2.74. The Morgan fingerprint density at radius 1 is 1.46 bits per heavy atom. The van der Waals surface area contributed by atoms with Crippen molar-refractivity contribution < 1.29 is 0 Å². The molecule has 13 heavy (non-hydrogen) atoms. The van der Waals surface area contributed by atoms with Crippen molar-refractivity contribution in [1.82, 2.24) is 5.32 Å². The fourth-order valence-corrected chi connectivity index (χ4v) is 1.47. The summed E-state index contributed by atoms with van der Waals surface area (Å²) in [5.74, 6) is 0. The second kappa shape index (κ2) is 4.87. The van der Waals surface area contributed by atoms with Crippen LogP contribution in [-0.2, 0) is 0 Å². The van der Waals surface area contributed by atoms with E-state index in [0.717, 1.165) is 13.0 Å². The topological polar surface area (TPSA) is 38.0 Å². The van der Waals surface area contributed by atoms with Crippen molar-refractivity contribution in [1.29, 1.82) is 0 Å². The van der Waals surface area contributed by atoms with Crippen molar-refractivity contribution in [3.8, 4) is 0 Å². The van der Waals surface area contributed by atoms with Crippen LogP contribution in [0.4, 0.5) is 0 Å². The molecule has 0 saturated heterocycles. The van der Waals surface area contributed by atoms with Crippen molar-refractivity contribution in [2.75, 3.05) is 6.54 Å². The van der Waals surface area contributed by atoms with Crippen LogP contribution in [0.25, 0.3) is 0 Å². The standard InChI is InChI=1S/C11H18N2/c1-3-4-5-6-10-9(2)13-8-7-11(10)12/h3-6,11,13H,7-8,12H2,1-2H3/b4-3-,6-5-. The van der Waals surface area contributed by atoms with E-state index >= 15 is 0 Å². The molecule has 0 bridgehead atoms. The summed E-state index contributed by atoms with van der Waals surface area (Å²) in [7, 11) is 0. The first-order valence-corrected chi connectivity index (χ1v) is 4.75. The number of nitrogens with one attached hydrogen (secondary N) is 1. The lowest BCUT2D eigenvalue weighted by molar-refractivity contribution is 0.602. The SMILES string of the molecule is C/C=C\C=C/C1=C(C)NCCC1N. The molecular weight excluding hydrogens is 160 g/mol. The average Bonchev–Trinajstić information content (AvgIpc) is 2.10. The average molecular weight is 178 g/mol. The van der Waals surface area contributed by atoms with Crippen LogP contribution < -0.4 is 11.1 Å². The first-order valence-electron chi connectivity index (χ1n) is 4.75. The van der Waals surface area contributed by atoms with E-state index in [0.29, 0.717) is 0 Å². The highest BCUT2D eigenvalue weighted by molar-refractivity contribution is 5.32. The molecule has 1 aliphatic heterocycles. The molecule has 1 atom stereocenters. The van der Waals surface area contributed by atoms with Crippen LogP contribution in [0.3, 0.4) is 0 Å². The Morgan fingerprint density at radius 2 is 2.23 bits per heavy atom. The molecule has 0 aromatic heterocycles. The van der Waals surface area contributed by atoms with Gasteiger partial charge in [0.15, 0.2) is 0 Å². The van der Waals surface area contributed by atoms with Gasteiger partial charge < -0.3 is 11.1 Å². The van der Waals surface area contributed by atoms with Crippen molar-refractivity contribution in [2.24, 2.45) is 5.73 Å². The molecule has 1 aliphatic rings. The molecule has 0 aromatic carbocycles. The highest BCUT2D eigenvalue weighted by Crippen LogP contribution is 2.14. The van der Waals surface area contributed by atoms with Crippen molar-refractivity contribution in [3.05, 3.63) is 35.6 Å². The summed E-state index contributed by atoms with van der Waals surface area (Å²) in [6.45, 7) is 5.08. The molecule has 2 heteroatoms. The minimum Gasteiger partial charge on any atom is -0.388 e. The van der Waals surface area contributed by atoms with Crippen LogP contribution in [0.15, 0.2) is 35.6 Å². The van der Waals surface area contributed by atoms with Gasteiger partial charge in [0, 0.05) is 18.3 Å². The molecule has 0 fully saturated rings. The molecule has 2 nitrogen and oxygen atoms in total. The van der Waals surface area contributed by atoms with E-state index in [1.54, 1.807) is 0 Å². The Balaban J connectivity index is 2.74. The van der Waals surface area contributed by atoms with Gasteiger partial charge >= 0.3 is 0 Å². The van der Waals surface area contributed by atoms with Gasteiger partial charge in [-0.1, -0.05) is 24.3 Å². The zero-order valence-electron chi connectivity index (χ0n) is 8.38. The molecule has 1 rings (SSSR count). The fraction of sp³-hybridized carbons (Fsp3) is 0.455. The molecule has 1 unspecified atom stereocenters. The Bertz CT molecular complexity index is 249. The lowest BCUT2D eigenvalue weighted by Gasteiger charge is -2.23. The highest BCUT2D eigenvalue weighted by atomic mass is 14.9. The third-order valence-electron chi connectivity index (χ3n) is 2.26. The maximum absolute atomic E-state index is 5.98. The number of allylic oxidation sites excluding steroid dienone is 4. The van der Waals surface area contributed by atoms with Gasteiger partial charge in [0.2, 0.25) is 0 Å². The first kappa shape index (κ1) is 10.1. The van der Waals surface area contributed by atoms with E-state index < -0.39 is 0 Å². The Hall–Kier alpha value is -1.02. The Labute approximate surface area is 80.2 Å². The van der Waals surface area contributed by atoms with Gasteiger partial charge in [-0.15, -0.1) is 0 Å². The summed E-state index contributed by atoms with van der Waals surface area (Å²) < 4.78 is 0. The van der Waals surface area contributed by atoms with Crippen molar-refractivity contribution in [2.45, 2.75) is 26.3 Å². The van der Waals surface area contributed by atoms with Gasteiger partial charge in [0.1, 0.15) is 0 Å². The van der Waals surface area contributed by atoms with Crippen molar-refractivity contribution in [3.63, 3.8) is 0 Å². The quantitative estimate of drug-likeness (QED) is 0.632. The minimum absolute atomic E-state index is 0.197. The van der Waals surface area contributed by atoms with Gasteiger partial charge in [0.05, 0.1) is 0 Å². The van der Waals surface area contributed by atoms with E-state index in [1.165, 1.54) is 11.3 Å². The Morgan fingerprint density at radius 3 is 2.85 bits per heavy atom. The molecular formula is C11H18N2. The minimum atomic E-state index is 0.197. The van der Waals surface area contributed by atoms with Crippen LogP contribution in [0, 0.1) is 0 Å². The van der Waals surface area contributed by atoms with Gasteiger partial charge in [-0.2, -0.15) is 0 Å². The molecule has 0 radical (unpaired) electrons. The largest absolute Gasteiger partial charge is 0.388 e. The number of hydrogen-bond acceptors (Lipinski definition) is 2. The third-order valence-corrected chi connectivity index (χ3v) is 2.26. The van der Waals surface area contributed by atoms with Crippen LogP contribution >= 0.6 is 0 Å². The van der Waals surface area contributed by atoms with E-state index in [-0.39, 0.29) is 6.04 Å². The second-order valence-electron chi connectivity index (χ2n) is 3.29. The van der Waals surface area contributed by atoms with Crippen LogP contribution in [0.1, 0.15) is 20.3 Å². The van der Waals surface area contributed by atoms with E-state index in [2.05, 4.69) is 18.3 Å². The smallest absolute Gasteiger partial charge is 0.0328 e. The second-order valence-corrected chi connectivity index (χ2v) is 3.29. The summed E-state index contributed by atoms with van der Waals surface area (Å²) in [5.41, 5.74) is 8.41. The lowest BCUT2D eigenvalue weighted by atomic mass is 9.99.